The van der Waals surface area contributed by atoms with Crippen LogP contribution in [0.5, 0.6) is 0 Å². The van der Waals surface area contributed by atoms with E-state index < -0.39 is 16.0 Å². The van der Waals surface area contributed by atoms with Crippen molar-refractivity contribution in [3.63, 3.8) is 0 Å². The molecule has 0 spiro atoms. The average molecular weight is 384 g/mol. The molecule has 0 aromatic heterocycles. The molecule has 116 valence electrons. The molecule has 5 nitrogen and oxygen atoms in total. The molecular formula is C15H14BrNO4S. The summed E-state index contributed by atoms with van der Waals surface area (Å²) in [6.45, 7) is 0.112. The van der Waals surface area contributed by atoms with Crippen LogP contribution in [0, 0.1) is 0 Å². The highest BCUT2D eigenvalue weighted by Gasteiger charge is 2.15. The second-order valence-electron chi connectivity index (χ2n) is 4.44. The predicted octanol–water partition coefficient (Wildman–Crippen LogP) is 2.71. The van der Waals surface area contributed by atoms with Crippen molar-refractivity contribution >= 4 is 31.9 Å². The fraction of sp³-hybridized carbons (Fsp3) is 0.133. The maximum atomic E-state index is 12.0. The Morgan fingerprint density at radius 1 is 1.18 bits per heavy atom. The molecule has 0 unspecified atom stereocenters. The average Bonchev–Trinajstić information content (AvgIpc) is 2.53. The second kappa shape index (κ2) is 7.04. The van der Waals surface area contributed by atoms with E-state index in [1.807, 2.05) is 24.3 Å². The van der Waals surface area contributed by atoms with Crippen LogP contribution >= 0.6 is 15.9 Å². The molecule has 2 aromatic rings. The van der Waals surface area contributed by atoms with E-state index in [4.69, 9.17) is 4.74 Å². The maximum absolute atomic E-state index is 12.0. The van der Waals surface area contributed by atoms with Crippen LogP contribution in [-0.4, -0.2) is 21.4 Å². The molecular weight excluding hydrogens is 370 g/mol. The van der Waals surface area contributed by atoms with Gasteiger partial charge in [0.25, 0.3) is 0 Å². The fourth-order valence-corrected chi connectivity index (χ4v) is 2.99. The van der Waals surface area contributed by atoms with Gasteiger partial charge in [-0.1, -0.05) is 34.1 Å². The largest absolute Gasteiger partial charge is 0.457 e. The molecule has 0 aliphatic carbocycles. The molecule has 0 aliphatic heterocycles. The third-order valence-corrected chi connectivity index (χ3v) is 4.81. The van der Waals surface area contributed by atoms with Gasteiger partial charge < -0.3 is 4.74 Å². The Balaban J connectivity index is 2.12. The summed E-state index contributed by atoms with van der Waals surface area (Å²) in [5, 5.41) is 0. The van der Waals surface area contributed by atoms with Gasteiger partial charge in [0.1, 0.15) is 6.61 Å². The van der Waals surface area contributed by atoms with Crippen LogP contribution in [0.3, 0.4) is 0 Å². The van der Waals surface area contributed by atoms with Gasteiger partial charge in [-0.15, -0.1) is 0 Å². The van der Waals surface area contributed by atoms with E-state index in [-0.39, 0.29) is 17.1 Å². The molecule has 0 heterocycles. The Morgan fingerprint density at radius 2 is 1.91 bits per heavy atom. The summed E-state index contributed by atoms with van der Waals surface area (Å²) in [6, 6.07) is 13.1. The van der Waals surface area contributed by atoms with Gasteiger partial charge in [0.15, 0.2) is 0 Å². The summed E-state index contributed by atoms with van der Waals surface area (Å²) in [5.74, 6) is -0.576. The molecule has 0 saturated carbocycles. The second-order valence-corrected chi connectivity index (χ2v) is 7.24. The maximum Gasteiger partial charge on any atom is 0.338 e. The molecule has 0 fully saturated rings. The number of benzene rings is 2. The lowest BCUT2D eigenvalue weighted by Crippen LogP contribution is -2.19. The lowest BCUT2D eigenvalue weighted by atomic mass is 10.2. The van der Waals surface area contributed by atoms with Crippen molar-refractivity contribution in [1.82, 2.24) is 4.72 Å². The Hall–Kier alpha value is -1.70. The van der Waals surface area contributed by atoms with E-state index in [1.54, 1.807) is 0 Å². The minimum atomic E-state index is -3.59. The first-order chi connectivity index (χ1) is 10.4. The number of rotatable bonds is 5. The number of halogens is 1. The quantitative estimate of drug-likeness (QED) is 0.805. The van der Waals surface area contributed by atoms with Crippen molar-refractivity contribution in [2.75, 3.05) is 7.05 Å². The zero-order valence-corrected chi connectivity index (χ0v) is 14.1. The van der Waals surface area contributed by atoms with Crippen LogP contribution in [0.1, 0.15) is 15.9 Å². The SMILES string of the molecule is CNS(=O)(=O)c1cccc(C(=O)OCc2cccc(Br)c2)c1. The number of esters is 1. The minimum absolute atomic E-state index is 0.0203. The van der Waals surface area contributed by atoms with E-state index in [9.17, 15) is 13.2 Å². The Bertz CT molecular complexity index is 790. The van der Waals surface area contributed by atoms with E-state index in [2.05, 4.69) is 20.7 Å². The molecule has 0 saturated heterocycles. The first kappa shape index (κ1) is 16.7. The van der Waals surface area contributed by atoms with Crippen molar-refractivity contribution in [2.45, 2.75) is 11.5 Å². The van der Waals surface area contributed by atoms with Gasteiger partial charge in [-0.05, 0) is 42.9 Å². The third kappa shape index (κ3) is 4.16. The van der Waals surface area contributed by atoms with Gasteiger partial charge in [-0.25, -0.2) is 17.9 Å². The Labute approximate surface area is 137 Å². The predicted molar refractivity (Wildman–Crippen MR) is 85.9 cm³/mol. The van der Waals surface area contributed by atoms with Gasteiger partial charge in [0.2, 0.25) is 10.0 Å². The summed E-state index contributed by atoms with van der Waals surface area (Å²) in [6.07, 6.45) is 0. The first-order valence-electron chi connectivity index (χ1n) is 6.37. The van der Waals surface area contributed by atoms with Gasteiger partial charge >= 0.3 is 5.97 Å². The highest BCUT2D eigenvalue weighted by molar-refractivity contribution is 9.10. The van der Waals surface area contributed by atoms with Crippen LogP contribution in [0.2, 0.25) is 0 Å². The molecule has 0 atom stereocenters. The van der Waals surface area contributed by atoms with Crippen LogP contribution < -0.4 is 4.72 Å². The van der Waals surface area contributed by atoms with Gasteiger partial charge in [-0.3, -0.25) is 0 Å². The number of carbonyl (C=O) groups excluding carboxylic acids is 1. The summed E-state index contributed by atoms with van der Waals surface area (Å²) < 4.78 is 31.7. The summed E-state index contributed by atoms with van der Waals surface area (Å²) in [4.78, 5) is 12.0. The van der Waals surface area contributed by atoms with Crippen LogP contribution in [-0.2, 0) is 21.4 Å². The molecule has 0 amide bonds. The van der Waals surface area contributed by atoms with Crippen molar-refractivity contribution < 1.29 is 17.9 Å². The number of nitrogens with one attached hydrogen (secondary N) is 1. The lowest BCUT2D eigenvalue weighted by Gasteiger charge is -2.07. The number of ether oxygens (including phenoxy) is 1. The van der Waals surface area contributed by atoms with Crippen LogP contribution in [0.4, 0.5) is 0 Å². The monoisotopic (exact) mass is 383 g/mol. The fourth-order valence-electron chi connectivity index (χ4n) is 1.77. The van der Waals surface area contributed by atoms with Crippen molar-refractivity contribution in [2.24, 2.45) is 0 Å². The van der Waals surface area contributed by atoms with Crippen LogP contribution in [0.15, 0.2) is 57.9 Å². The van der Waals surface area contributed by atoms with Crippen molar-refractivity contribution in [3.05, 3.63) is 64.1 Å². The number of carbonyl (C=O) groups is 1. The summed E-state index contributed by atoms with van der Waals surface area (Å²) >= 11 is 3.34. The van der Waals surface area contributed by atoms with E-state index >= 15 is 0 Å². The molecule has 1 N–H and O–H groups in total. The number of sulfonamides is 1. The zero-order valence-electron chi connectivity index (χ0n) is 11.7. The van der Waals surface area contributed by atoms with Gasteiger partial charge in [-0.2, -0.15) is 0 Å². The molecule has 2 aromatic carbocycles. The smallest absolute Gasteiger partial charge is 0.338 e. The van der Waals surface area contributed by atoms with Crippen molar-refractivity contribution in [1.29, 1.82) is 0 Å². The standard InChI is InChI=1S/C15H14BrNO4S/c1-17-22(19,20)14-7-3-5-12(9-14)15(18)21-10-11-4-2-6-13(16)8-11/h2-9,17H,10H2,1H3. The molecule has 2 rings (SSSR count). The van der Waals surface area contributed by atoms with E-state index in [0.717, 1.165) is 10.0 Å². The minimum Gasteiger partial charge on any atom is -0.457 e. The molecule has 7 heteroatoms. The van der Waals surface area contributed by atoms with Gasteiger partial charge in [0, 0.05) is 4.47 Å². The normalized spacial score (nSPS) is 11.2. The molecule has 0 aliphatic rings. The highest BCUT2D eigenvalue weighted by Crippen LogP contribution is 2.15. The van der Waals surface area contributed by atoms with E-state index in [0.29, 0.717) is 0 Å². The molecule has 22 heavy (non-hydrogen) atoms. The zero-order chi connectivity index (χ0) is 16.2. The Kier molecular flexibility index (Phi) is 5.33. The van der Waals surface area contributed by atoms with Crippen LogP contribution in [0.25, 0.3) is 0 Å². The highest BCUT2D eigenvalue weighted by atomic mass is 79.9. The van der Waals surface area contributed by atoms with E-state index in [1.165, 1.54) is 31.3 Å². The summed E-state index contributed by atoms with van der Waals surface area (Å²) in [7, 11) is -2.28. The molecule has 0 bridgehead atoms. The first-order valence-corrected chi connectivity index (χ1v) is 8.65. The third-order valence-electron chi connectivity index (χ3n) is 2.91. The Morgan fingerprint density at radius 3 is 2.59 bits per heavy atom. The summed E-state index contributed by atoms with van der Waals surface area (Å²) in [5.41, 5.74) is 1.02. The lowest BCUT2D eigenvalue weighted by molar-refractivity contribution is 0.0472. The number of hydrogen-bond acceptors (Lipinski definition) is 4. The van der Waals surface area contributed by atoms with Crippen molar-refractivity contribution in [3.8, 4) is 0 Å². The topological polar surface area (TPSA) is 72.5 Å². The number of hydrogen-bond donors (Lipinski definition) is 1. The van der Waals surface area contributed by atoms with Gasteiger partial charge in [0.05, 0.1) is 10.5 Å². The molecule has 0 radical (unpaired) electrons.